The first-order chi connectivity index (χ1) is 10.0. The zero-order valence-corrected chi connectivity index (χ0v) is 13.6. The molecule has 2 aliphatic carbocycles. The van der Waals surface area contributed by atoms with Gasteiger partial charge < -0.3 is 15.2 Å². The van der Waals surface area contributed by atoms with E-state index in [0.717, 1.165) is 12.8 Å². The van der Waals surface area contributed by atoms with Gasteiger partial charge in [-0.3, -0.25) is 4.79 Å². The molecule has 0 saturated heterocycles. The molecule has 0 aromatic carbocycles. The molecule has 2 unspecified atom stereocenters. The van der Waals surface area contributed by atoms with Gasteiger partial charge in [0.2, 0.25) is 0 Å². The minimum absolute atomic E-state index is 0.0150. The van der Waals surface area contributed by atoms with Crippen molar-refractivity contribution in [2.24, 2.45) is 11.8 Å². The Balaban J connectivity index is 1.75. The molecule has 122 valence electrons. The third-order valence-electron chi connectivity index (χ3n) is 5.34. The number of ether oxygens (including phenoxy) is 1. The molecule has 0 heterocycles. The van der Waals surface area contributed by atoms with Crippen LogP contribution in [0.15, 0.2) is 0 Å². The highest BCUT2D eigenvalue weighted by Gasteiger charge is 2.37. The first kappa shape index (κ1) is 16.8. The van der Waals surface area contributed by atoms with E-state index in [0.29, 0.717) is 38.0 Å². The average Bonchev–Trinajstić information content (AvgIpc) is 2.47. The quantitative estimate of drug-likeness (QED) is 0.766. The van der Waals surface area contributed by atoms with E-state index in [9.17, 15) is 9.90 Å². The lowest BCUT2D eigenvalue weighted by Crippen LogP contribution is -2.49. The number of nitrogens with one attached hydrogen (secondary N) is 1. The van der Waals surface area contributed by atoms with Gasteiger partial charge in [0.15, 0.2) is 0 Å². The highest BCUT2D eigenvalue weighted by molar-refractivity contribution is 5.72. The lowest BCUT2D eigenvalue weighted by molar-refractivity contribution is -0.151. The molecule has 0 amide bonds. The number of hydrogen-bond donors (Lipinski definition) is 2. The van der Waals surface area contributed by atoms with E-state index in [-0.39, 0.29) is 11.9 Å². The summed E-state index contributed by atoms with van der Waals surface area (Å²) in [4.78, 5) is 11.7. The van der Waals surface area contributed by atoms with Crippen molar-refractivity contribution in [3.63, 3.8) is 0 Å². The SMILES string of the molecule is CCOC(=O)C1CCC(O)(CNC2CCCCC2C)CC1. The van der Waals surface area contributed by atoms with Crippen molar-refractivity contribution in [1.29, 1.82) is 0 Å². The van der Waals surface area contributed by atoms with Crippen LogP contribution in [0.3, 0.4) is 0 Å². The first-order valence-electron chi connectivity index (χ1n) is 8.66. The Labute approximate surface area is 128 Å². The second kappa shape index (κ2) is 7.59. The second-order valence-corrected chi connectivity index (χ2v) is 7.00. The Hall–Kier alpha value is -0.610. The van der Waals surface area contributed by atoms with Gasteiger partial charge in [0.25, 0.3) is 0 Å². The summed E-state index contributed by atoms with van der Waals surface area (Å²) in [6, 6.07) is 0.547. The van der Waals surface area contributed by atoms with E-state index in [1.54, 1.807) is 0 Å². The summed E-state index contributed by atoms with van der Waals surface area (Å²) in [6.45, 7) is 5.25. The zero-order chi connectivity index (χ0) is 15.3. The van der Waals surface area contributed by atoms with Crippen LogP contribution in [0, 0.1) is 11.8 Å². The number of hydrogen-bond acceptors (Lipinski definition) is 4. The maximum absolute atomic E-state index is 11.7. The van der Waals surface area contributed by atoms with Crippen molar-refractivity contribution in [3.05, 3.63) is 0 Å². The monoisotopic (exact) mass is 297 g/mol. The topological polar surface area (TPSA) is 58.6 Å². The summed E-state index contributed by atoms with van der Waals surface area (Å²) in [5, 5.41) is 14.3. The summed E-state index contributed by atoms with van der Waals surface area (Å²) in [5.74, 6) is 0.602. The molecule has 2 saturated carbocycles. The molecule has 0 spiro atoms. The zero-order valence-electron chi connectivity index (χ0n) is 13.6. The van der Waals surface area contributed by atoms with Crippen LogP contribution in [0.5, 0.6) is 0 Å². The maximum atomic E-state index is 11.7. The molecule has 2 rings (SSSR count). The maximum Gasteiger partial charge on any atom is 0.308 e. The van der Waals surface area contributed by atoms with Gasteiger partial charge in [0.1, 0.15) is 0 Å². The lowest BCUT2D eigenvalue weighted by atomic mass is 9.78. The molecule has 0 aliphatic heterocycles. The molecule has 0 aromatic heterocycles. The van der Waals surface area contributed by atoms with Crippen molar-refractivity contribution < 1.29 is 14.6 Å². The predicted octanol–water partition coefficient (Wildman–Crippen LogP) is 2.64. The van der Waals surface area contributed by atoms with E-state index in [2.05, 4.69) is 12.2 Å². The number of carbonyl (C=O) groups is 1. The summed E-state index contributed by atoms with van der Waals surface area (Å²) in [7, 11) is 0. The third-order valence-corrected chi connectivity index (χ3v) is 5.34. The number of rotatable bonds is 5. The normalized spacial score (nSPS) is 37.2. The molecule has 2 fully saturated rings. The molecule has 0 bridgehead atoms. The molecular formula is C17H31NO3. The minimum Gasteiger partial charge on any atom is -0.466 e. The van der Waals surface area contributed by atoms with E-state index < -0.39 is 5.60 Å². The molecule has 0 aromatic rings. The van der Waals surface area contributed by atoms with E-state index in [1.165, 1.54) is 25.7 Å². The summed E-state index contributed by atoms with van der Waals surface area (Å²) in [5.41, 5.74) is -0.639. The fourth-order valence-corrected chi connectivity index (χ4v) is 3.77. The number of carbonyl (C=O) groups excluding carboxylic acids is 1. The fourth-order valence-electron chi connectivity index (χ4n) is 3.77. The highest BCUT2D eigenvalue weighted by Crippen LogP contribution is 2.33. The average molecular weight is 297 g/mol. The van der Waals surface area contributed by atoms with Crippen LogP contribution >= 0.6 is 0 Å². The molecule has 2 atom stereocenters. The van der Waals surface area contributed by atoms with Gasteiger partial charge in [-0.25, -0.2) is 0 Å². The molecular weight excluding hydrogens is 266 g/mol. The van der Waals surface area contributed by atoms with Crippen molar-refractivity contribution in [2.45, 2.75) is 76.9 Å². The van der Waals surface area contributed by atoms with Gasteiger partial charge in [-0.15, -0.1) is 0 Å². The van der Waals surface area contributed by atoms with E-state index >= 15 is 0 Å². The Kier molecular flexibility index (Phi) is 6.06. The van der Waals surface area contributed by atoms with Crippen molar-refractivity contribution >= 4 is 5.97 Å². The van der Waals surface area contributed by atoms with Crippen LogP contribution in [0.4, 0.5) is 0 Å². The van der Waals surface area contributed by atoms with E-state index in [1.807, 2.05) is 6.92 Å². The standard InChI is InChI=1S/C17H31NO3/c1-3-21-16(19)14-8-10-17(20,11-9-14)12-18-15-7-5-4-6-13(15)2/h13-15,18,20H,3-12H2,1-2H3. The Morgan fingerprint density at radius 1 is 1.24 bits per heavy atom. The Morgan fingerprint density at radius 3 is 2.52 bits per heavy atom. The smallest absolute Gasteiger partial charge is 0.308 e. The van der Waals surface area contributed by atoms with Gasteiger partial charge >= 0.3 is 5.97 Å². The third kappa shape index (κ3) is 4.68. The molecule has 0 radical (unpaired) electrons. The minimum atomic E-state index is -0.639. The van der Waals surface area contributed by atoms with Gasteiger partial charge in [-0.2, -0.15) is 0 Å². The van der Waals surface area contributed by atoms with Crippen molar-refractivity contribution in [3.8, 4) is 0 Å². The van der Waals surface area contributed by atoms with Gasteiger partial charge in [0, 0.05) is 12.6 Å². The molecule has 2 N–H and O–H groups in total. The van der Waals surface area contributed by atoms with E-state index in [4.69, 9.17) is 4.74 Å². The molecule has 2 aliphatic rings. The summed E-state index contributed by atoms with van der Waals surface area (Å²) < 4.78 is 5.08. The van der Waals surface area contributed by atoms with Gasteiger partial charge in [-0.1, -0.05) is 19.8 Å². The van der Waals surface area contributed by atoms with Crippen molar-refractivity contribution in [1.82, 2.24) is 5.32 Å². The summed E-state index contributed by atoms with van der Waals surface area (Å²) in [6.07, 6.45) is 8.05. The number of aliphatic hydroxyl groups is 1. The van der Waals surface area contributed by atoms with Crippen LogP contribution in [0.1, 0.15) is 65.2 Å². The van der Waals surface area contributed by atoms with Crippen LogP contribution in [0.2, 0.25) is 0 Å². The van der Waals surface area contributed by atoms with Crippen LogP contribution in [-0.4, -0.2) is 35.9 Å². The first-order valence-corrected chi connectivity index (χ1v) is 8.66. The highest BCUT2D eigenvalue weighted by atomic mass is 16.5. The molecule has 4 nitrogen and oxygen atoms in total. The Morgan fingerprint density at radius 2 is 1.90 bits per heavy atom. The fraction of sp³-hybridized carbons (Fsp3) is 0.941. The van der Waals surface area contributed by atoms with Gasteiger partial charge in [0.05, 0.1) is 18.1 Å². The molecule has 21 heavy (non-hydrogen) atoms. The summed E-state index contributed by atoms with van der Waals surface area (Å²) >= 11 is 0. The van der Waals surface area contributed by atoms with Crippen molar-refractivity contribution in [2.75, 3.05) is 13.2 Å². The van der Waals surface area contributed by atoms with Crippen LogP contribution < -0.4 is 5.32 Å². The number of esters is 1. The van der Waals surface area contributed by atoms with Gasteiger partial charge in [-0.05, 0) is 51.4 Å². The molecule has 4 heteroatoms. The Bertz CT molecular complexity index is 337. The largest absolute Gasteiger partial charge is 0.466 e. The second-order valence-electron chi connectivity index (χ2n) is 7.00. The van der Waals surface area contributed by atoms with Crippen LogP contribution in [0.25, 0.3) is 0 Å². The predicted molar refractivity (Wildman–Crippen MR) is 83.0 cm³/mol. The van der Waals surface area contributed by atoms with Crippen LogP contribution in [-0.2, 0) is 9.53 Å². The lowest BCUT2D eigenvalue weighted by Gasteiger charge is -2.38.